The maximum Gasteiger partial charge on any atom is 0.0135 e. The molecule has 1 aliphatic carbocycles. The van der Waals surface area contributed by atoms with E-state index >= 15 is 0 Å². The fourth-order valence-electron chi connectivity index (χ4n) is 1.75. The van der Waals surface area contributed by atoms with Crippen LogP contribution in [0.25, 0.3) is 5.57 Å². The molecule has 0 saturated carbocycles. The Kier molecular flexibility index (Phi) is 5.04. The molecule has 1 aliphatic rings. The smallest absolute Gasteiger partial charge is 0.0135 e. The molecule has 0 N–H and O–H groups in total. The van der Waals surface area contributed by atoms with Crippen LogP contribution in [0.15, 0.2) is 29.8 Å². The van der Waals surface area contributed by atoms with Gasteiger partial charge in [0.1, 0.15) is 0 Å². The minimum Gasteiger partial charge on any atom is -0.0750 e. The standard InChI is InChI=1S/C11H11.C2H8Si.Ti/c1-8-7-10-5-3-4-6-11(10)9(8)2;1-3-2;/h3-7H,1-2H3;3H2,1-2H3;. The van der Waals surface area contributed by atoms with E-state index in [0.29, 0.717) is 13.7 Å². The van der Waals surface area contributed by atoms with Gasteiger partial charge in [0, 0.05) is 9.52 Å². The van der Waals surface area contributed by atoms with E-state index in [1.807, 2.05) is 0 Å². The van der Waals surface area contributed by atoms with E-state index in [0.717, 1.165) is 0 Å². The molecule has 15 heavy (non-hydrogen) atoms. The molecule has 1 atom stereocenters. The molecule has 2 rings (SSSR count). The van der Waals surface area contributed by atoms with E-state index < -0.39 is 0 Å². The van der Waals surface area contributed by atoms with Gasteiger partial charge in [0.05, 0.1) is 0 Å². The summed E-state index contributed by atoms with van der Waals surface area (Å²) >= 11 is 2.28. The molecule has 79 valence electrons. The van der Waals surface area contributed by atoms with Gasteiger partial charge < -0.3 is 0 Å². The van der Waals surface area contributed by atoms with Gasteiger partial charge >= 0.3 is 85.0 Å². The fraction of sp³-hybridized carbons (Fsp3) is 0.385. The van der Waals surface area contributed by atoms with Crippen LogP contribution in [0.2, 0.25) is 13.1 Å². The van der Waals surface area contributed by atoms with Crippen LogP contribution in [0.1, 0.15) is 29.2 Å². The number of benzene rings is 1. The van der Waals surface area contributed by atoms with Gasteiger partial charge in [-0.2, -0.15) is 0 Å². The second-order valence-electron chi connectivity index (χ2n) is 4.04. The number of hydrogen-bond acceptors (Lipinski definition) is 0. The van der Waals surface area contributed by atoms with Crippen LogP contribution in [0, 0.1) is 0 Å². The summed E-state index contributed by atoms with van der Waals surface area (Å²) < 4.78 is 0.626. The quantitative estimate of drug-likeness (QED) is 0.620. The molecule has 0 saturated heterocycles. The zero-order chi connectivity index (χ0) is 11.4. The third-order valence-corrected chi connectivity index (χ3v) is 3.86. The van der Waals surface area contributed by atoms with Crippen molar-refractivity contribution in [2.45, 2.75) is 31.2 Å². The van der Waals surface area contributed by atoms with Gasteiger partial charge in [-0.25, -0.2) is 0 Å². The first kappa shape index (κ1) is 13.0. The zero-order valence-corrected chi connectivity index (χ0v) is 13.1. The summed E-state index contributed by atoms with van der Waals surface area (Å²) in [7, 11) is 0.417. The largest absolute Gasteiger partial charge is 0.0750 e. The van der Waals surface area contributed by atoms with Crippen molar-refractivity contribution in [2.24, 2.45) is 0 Å². The van der Waals surface area contributed by atoms with Gasteiger partial charge in [0.2, 0.25) is 0 Å². The van der Waals surface area contributed by atoms with Gasteiger partial charge in [0.15, 0.2) is 0 Å². The molecule has 0 aliphatic heterocycles. The molecular weight excluding hydrogens is 232 g/mol. The van der Waals surface area contributed by atoms with Gasteiger partial charge in [-0.05, 0) is 0 Å². The summed E-state index contributed by atoms with van der Waals surface area (Å²) in [5, 5.41) is 0. The monoisotopic (exact) mass is 251 g/mol. The minimum atomic E-state index is 0.417. The molecule has 0 radical (unpaired) electrons. The Morgan fingerprint density at radius 3 is 2.20 bits per heavy atom. The number of fused-ring (bicyclic) bond motifs is 1. The summed E-state index contributed by atoms with van der Waals surface area (Å²) in [6, 6.07) is 8.70. The second-order valence-corrected chi connectivity index (χ2v) is 6.35. The molecule has 1 aromatic carbocycles. The van der Waals surface area contributed by atoms with Crippen LogP contribution in [0.3, 0.4) is 0 Å². The first-order valence-electron chi connectivity index (χ1n) is 5.61. The molecule has 2 heteroatoms. The van der Waals surface area contributed by atoms with Crippen molar-refractivity contribution in [2.75, 3.05) is 0 Å². The predicted molar refractivity (Wildman–Crippen MR) is 67.7 cm³/mol. The van der Waals surface area contributed by atoms with E-state index in [4.69, 9.17) is 0 Å². The Hall–Kier alpha value is -0.109. The van der Waals surface area contributed by atoms with Crippen LogP contribution < -0.4 is 0 Å². The molecule has 1 unspecified atom stereocenters. The number of rotatable bonds is 0. The molecule has 0 nitrogen and oxygen atoms in total. The Morgan fingerprint density at radius 2 is 1.67 bits per heavy atom. The van der Waals surface area contributed by atoms with Crippen LogP contribution >= 0.6 is 0 Å². The molecule has 0 heterocycles. The third kappa shape index (κ3) is 2.72. The SMILES string of the molecule is CC1=C(C)[CH]([Ti])c2ccccc21.C[SiH2]C. The topological polar surface area (TPSA) is 0 Å². The summed E-state index contributed by atoms with van der Waals surface area (Å²) in [5.74, 6) is 0. The summed E-state index contributed by atoms with van der Waals surface area (Å²) in [6.07, 6.45) is 0. The molecule has 1 aromatic rings. The summed E-state index contributed by atoms with van der Waals surface area (Å²) in [5.41, 5.74) is 5.93. The van der Waals surface area contributed by atoms with E-state index in [-0.39, 0.29) is 0 Å². The summed E-state index contributed by atoms with van der Waals surface area (Å²) in [4.78, 5) is 0. The molecular formula is C13H19SiTi. The Morgan fingerprint density at radius 1 is 1.13 bits per heavy atom. The maximum absolute atomic E-state index is 2.28. The van der Waals surface area contributed by atoms with Gasteiger partial charge in [0.25, 0.3) is 0 Å². The van der Waals surface area contributed by atoms with Crippen molar-refractivity contribution in [3.8, 4) is 0 Å². The van der Waals surface area contributed by atoms with Crippen molar-refractivity contribution in [1.82, 2.24) is 0 Å². The Bertz CT molecular complexity index is 369. The Labute approximate surface area is 107 Å². The molecule has 0 spiro atoms. The van der Waals surface area contributed by atoms with E-state index in [1.54, 1.807) is 0 Å². The molecule has 0 fully saturated rings. The van der Waals surface area contributed by atoms with E-state index in [1.165, 1.54) is 22.3 Å². The van der Waals surface area contributed by atoms with E-state index in [2.05, 4.69) is 71.6 Å². The average molecular weight is 251 g/mol. The first-order valence-corrected chi connectivity index (χ1v) is 9.34. The predicted octanol–water partition coefficient (Wildman–Crippen LogP) is 3.33. The van der Waals surface area contributed by atoms with Crippen molar-refractivity contribution < 1.29 is 20.4 Å². The van der Waals surface area contributed by atoms with Crippen LogP contribution in [-0.2, 0) is 20.4 Å². The fourth-order valence-corrected chi connectivity index (χ4v) is 2.48. The van der Waals surface area contributed by atoms with Crippen molar-refractivity contribution >= 4 is 15.1 Å². The second kappa shape index (κ2) is 5.83. The normalized spacial score (nSPS) is 18.2. The van der Waals surface area contributed by atoms with Gasteiger partial charge in [-0.3, -0.25) is 0 Å². The number of allylic oxidation sites excluding steroid dienone is 2. The molecule has 0 aromatic heterocycles. The van der Waals surface area contributed by atoms with Gasteiger partial charge in [-0.15, -0.1) is 0 Å². The molecule has 0 amide bonds. The van der Waals surface area contributed by atoms with E-state index in [9.17, 15) is 0 Å². The Balaban J connectivity index is 0.000000337. The first-order chi connectivity index (χ1) is 7.13. The van der Waals surface area contributed by atoms with Crippen molar-refractivity contribution in [1.29, 1.82) is 0 Å². The molecule has 0 bridgehead atoms. The van der Waals surface area contributed by atoms with Gasteiger partial charge in [-0.1, -0.05) is 13.1 Å². The van der Waals surface area contributed by atoms with Crippen LogP contribution in [0.5, 0.6) is 0 Å². The summed E-state index contributed by atoms with van der Waals surface area (Å²) in [6.45, 7) is 8.98. The van der Waals surface area contributed by atoms with Crippen molar-refractivity contribution in [3.05, 3.63) is 41.0 Å². The van der Waals surface area contributed by atoms with Crippen LogP contribution in [0.4, 0.5) is 0 Å². The zero-order valence-electron chi connectivity index (χ0n) is 10.1. The van der Waals surface area contributed by atoms with Crippen LogP contribution in [-0.4, -0.2) is 9.52 Å². The third-order valence-electron chi connectivity index (χ3n) is 2.70. The average Bonchev–Trinajstić information content (AvgIpc) is 2.46. The van der Waals surface area contributed by atoms with Crippen molar-refractivity contribution in [3.63, 3.8) is 0 Å². The maximum atomic E-state index is 2.28. The minimum absolute atomic E-state index is 0.417. The number of hydrogen-bond donors (Lipinski definition) is 0.